The van der Waals surface area contributed by atoms with Gasteiger partial charge in [0.25, 0.3) is 0 Å². The second-order valence-electron chi connectivity index (χ2n) is 3.59. The Morgan fingerprint density at radius 3 is 2.69 bits per heavy atom. The van der Waals surface area contributed by atoms with Crippen molar-refractivity contribution in [3.8, 4) is 0 Å². The van der Waals surface area contributed by atoms with Crippen LogP contribution in [0.2, 0.25) is 0 Å². The van der Waals surface area contributed by atoms with E-state index in [-0.39, 0.29) is 10.8 Å². The van der Waals surface area contributed by atoms with Crippen LogP contribution in [-0.4, -0.2) is 20.3 Å². The highest BCUT2D eigenvalue weighted by Gasteiger charge is 2.19. The fourth-order valence-corrected chi connectivity index (χ4v) is 2.89. The standard InChI is InChI=1S/C10H13ClFNO2S/c1-7-3-4-9(12)5-10(7)16(14,15)13-8(2)6-11/h3-5,8,13H,6H2,1-2H3. The maximum absolute atomic E-state index is 13.0. The number of hydrogen-bond acceptors (Lipinski definition) is 2. The van der Waals surface area contributed by atoms with E-state index in [9.17, 15) is 12.8 Å². The number of rotatable bonds is 4. The van der Waals surface area contributed by atoms with Gasteiger partial charge in [-0.3, -0.25) is 0 Å². The van der Waals surface area contributed by atoms with E-state index >= 15 is 0 Å². The second-order valence-corrected chi connectivity index (χ2v) is 5.58. The van der Waals surface area contributed by atoms with E-state index in [2.05, 4.69) is 4.72 Å². The molecule has 0 amide bonds. The molecule has 16 heavy (non-hydrogen) atoms. The first-order valence-corrected chi connectivity index (χ1v) is 6.73. The highest BCUT2D eigenvalue weighted by atomic mass is 35.5. The number of aryl methyl sites for hydroxylation is 1. The molecule has 0 aliphatic heterocycles. The van der Waals surface area contributed by atoms with Gasteiger partial charge in [-0.1, -0.05) is 6.07 Å². The molecule has 90 valence electrons. The number of hydrogen-bond donors (Lipinski definition) is 1. The molecule has 0 aromatic heterocycles. The van der Waals surface area contributed by atoms with Crippen LogP contribution in [-0.2, 0) is 10.0 Å². The van der Waals surface area contributed by atoms with Gasteiger partial charge in [0, 0.05) is 11.9 Å². The Bertz CT molecular complexity index is 476. The van der Waals surface area contributed by atoms with Crippen molar-refractivity contribution in [2.24, 2.45) is 0 Å². The van der Waals surface area contributed by atoms with Crippen LogP contribution in [0.5, 0.6) is 0 Å². The summed E-state index contributed by atoms with van der Waals surface area (Å²) in [6.07, 6.45) is 0. The number of benzene rings is 1. The Kier molecular flexibility index (Phi) is 4.29. The lowest BCUT2D eigenvalue weighted by Gasteiger charge is -2.12. The topological polar surface area (TPSA) is 46.2 Å². The minimum atomic E-state index is -3.70. The zero-order valence-corrected chi connectivity index (χ0v) is 10.6. The fourth-order valence-electron chi connectivity index (χ4n) is 1.22. The van der Waals surface area contributed by atoms with E-state index in [0.29, 0.717) is 5.56 Å². The molecule has 0 bridgehead atoms. The summed E-state index contributed by atoms with van der Waals surface area (Å²) >= 11 is 5.52. The van der Waals surface area contributed by atoms with Gasteiger partial charge < -0.3 is 0 Å². The molecule has 0 saturated heterocycles. The van der Waals surface area contributed by atoms with E-state index in [1.165, 1.54) is 12.1 Å². The second kappa shape index (κ2) is 5.12. The van der Waals surface area contributed by atoms with Crippen molar-refractivity contribution in [3.05, 3.63) is 29.6 Å². The normalized spacial score (nSPS) is 13.8. The van der Waals surface area contributed by atoms with Crippen LogP contribution in [0.25, 0.3) is 0 Å². The Labute approximate surface area is 99.7 Å². The fraction of sp³-hybridized carbons (Fsp3) is 0.400. The third-order valence-electron chi connectivity index (χ3n) is 2.03. The lowest BCUT2D eigenvalue weighted by Crippen LogP contribution is -2.34. The van der Waals surface area contributed by atoms with Crippen LogP contribution in [0.4, 0.5) is 4.39 Å². The molecule has 1 atom stereocenters. The molecule has 0 heterocycles. The van der Waals surface area contributed by atoms with Crippen LogP contribution in [0, 0.1) is 12.7 Å². The summed E-state index contributed by atoms with van der Waals surface area (Å²) in [6, 6.07) is 3.25. The average Bonchev–Trinajstić information content (AvgIpc) is 2.20. The maximum atomic E-state index is 13.0. The smallest absolute Gasteiger partial charge is 0.207 e. The molecular weight excluding hydrogens is 253 g/mol. The van der Waals surface area contributed by atoms with Crippen LogP contribution < -0.4 is 4.72 Å². The molecule has 0 radical (unpaired) electrons. The van der Waals surface area contributed by atoms with Gasteiger partial charge in [-0.05, 0) is 31.5 Å². The summed E-state index contributed by atoms with van der Waals surface area (Å²) in [5.41, 5.74) is 0.496. The number of halogens is 2. The Hall–Kier alpha value is -0.650. The van der Waals surface area contributed by atoms with Crippen molar-refractivity contribution < 1.29 is 12.8 Å². The van der Waals surface area contributed by atoms with Crippen molar-refractivity contribution in [3.63, 3.8) is 0 Å². The molecule has 1 rings (SSSR count). The summed E-state index contributed by atoms with van der Waals surface area (Å²) < 4.78 is 39.0. The van der Waals surface area contributed by atoms with E-state index < -0.39 is 21.9 Å². The monoisotopic (exact) mass is 265 g/mol. The first kappa shape index (κ1) is 13.4. The molecule has 0 aliphatic rings. The van der Waals surface area contributed by atoms with Gasteiger partial charge in [-0.25, -0.2) is 17.5 Å². The van der Waals surface area contributed by atoms with Gasteiger partial charge in [0.15, 0.2) is 0 Å². The molecule has 3 nitrogen and oxygen atoms in total. The summed E-state index contributed by atoms with van der Waals surface area (Å²) in [5.74, 6) is -0.419. The Balaban J connectivity index is 3.12. The quantitative estimate of drug-likeness (QED) is 0.847. The van der Waals surface area contributed by atoms with Gasteiger partial charge in [-0.2, -0.15) is 0 Å². The predicted molar refractivity (Wildman–Crippen MR) is 61.6 cm³/mol. The third kappa shape index (κ3) is 3.17. The molecule has 1 aromatic carbocycles. The van der Waals surface area contributed by atoms with Gasteiger partial charge in [-0.15, -0.1) is 11.6 Å². The lowest BCUT2D eigenvalue weighted by molar-refractivity contribution is 0.566. The number of alkyl halides is 1. The molecule has 0 aliphatic carbocycles. The van der Waals surface area contributed by atoms with Crippen LogP contribution in [0.15, 0.2) is 23.1 Å². The zero-order chi connectivity index (χ0) is 12.3. The van der Waals surface area contributed by atoms with E-state index in [4.69, 9.17) is 11.6 Å². The first-order chi connectivity index (χ1) is 7.36. The van der Waals surface area contributed by atoms with Crippen molar-refractivity contribution in [1.29, 1.82) is 0 Å². The third-order valence-corrected chi connectivity index (χ3v) is 4.22. The van der Waals surface area contributed by atoms with Crippen molar-refractivity contribution in [2.75, 3.05) is 5.88 Å². The predicted octanol–water partition coefficient (Wildman–Crippen LogP) is 2.04. The molecule has 0 fully saturated rings. The minimum Gasteiger partial charge on any atom is -0.207 e. The van der Waals surface area contributed by atoms with Crippen LogP contribution >= 0.6 is 11.6 Å². The maximum Gasteiger partial charge on any atom is 0.241 e. The molecule has 1 unspecified atom stereocenters. The minimum absolute atomic E-state index is 0.0514. The highest BCUT2D eigenvalue weighted by molar-refractivity contribution is 7.89. The molecule has 0 spiro atoms. The van der Waals surface area contributed by atoms with Gasteiger partial charge in [0.05, 0.1) is 4.90 Å². The highest BCUT2D eigenvalue weighted by Crippen LogP contribution is 2.16. The van der Waals surface area contributed by atoms with E-state index in [1.807, 2.05) is 0 Å². The van der Waals surface area contributed by atoms with Gasteiger partial charge in [0.1, 0.15) is 5.82 Å². The summed E-state index contributed by atoms with van der Waals surface area (Å²) in [7, 11) is -3.70. The van der Waals surface area contributed by atoms with E-state index in [0.717, 1.165) is 6.07 Å². The largest absolute Gasteiger partial charge is 0.241 e. The Morgan fingerprint density at radius 2 is 2.12 bits per heavy atom. The van der Waals surface area contributed by atoms with Gasteiger partial charge >= 0.3 is 0 Å². The average molecular weight is 266 g/mol. The molecule has 0 saturated carbocycles. The summed E-state index contributed by atoms with van der Waals surface area (Å²) in [4.78, 5) is -0.0514. The van der Waals surface area contributed by atoms with Crippen LogP contribution in [0.1, 0.15) is 12.5 Å². The van der Waals surface area contributed by atoms with E-state index in [1.54, 1.807) is 13.8 Å². The van der Waals surface area contributed by atoms with Crippen molar-refractivity contribution >= 4 is 21.6 Å². The SMILES string of the molecule is Cc1ccc(F)cc1S(=O)(=O)NC(C)CCl. The van der Waals surface area contributed by atoms with Gasteiger partial charge in [0.2, 0.25) is 10.0 Å². The molecule has 6 heteroatoms. The zero-order valence-electron chi connectivity index (χ0n) is 9.00. The van der Waals surface area contributed by atoms with Crippen LogP contribution in [0.3, 0.4) is 0 Å². The summed E-state index contributed by atoms with van der Waals surface area (Å²) in [5, 5.41) is 0. The molecule has 1 N–H and O–H groups in total. The summed E-state index contributed by atoms with van der Waals surface area (Å²) in [6.45, 7) is 3.25. The van der Waals surface area contributed by atoms with Crippen molar-refractivity contribution in [1.82, 2.24) is 4.72 Å². The molecule has 1 aromatic rings. The number of sulfonamides is 1. The van der Waals surface area contributed by atoms with Crippen molar-refractivity contribution in [2.45, 2.75) is 24.8 Å². The first-order valence-electron chi connectivity index (χ1n) is 4.71. The molecular formula is C10H13ClFNO2S. The Morgan fingerprint density at radius 1 is 1.50 bits per heavy atom. The lowest BCUT2D eigenvalue weighted by atomic mass is 10.2. The number of nitrogens with one attached hydrogen (secondary N) is 1.